The van der Waals surface area contributed by atoms with E-state index in [0.29, 0.717) is 5.56 Å². The summed E-state index contributed by atoms with van der Waals surface area (Å²) >= 11 is 0. The zero-order valence-corrected chi connectivity index (χ0v) is 10.3. The fraction of sp³-hybridized carbons (Fsp3) is 0.455. The summed E-state index contributed by atoms with van der Waals surface area (Å²) in [4.78, 5) is 22.4. The predicted molar refractivity (Wildman–Crippen MR) is 64.4 cm³/mol. The molecule has 0 radical (unpaired) electrons. The van der Waals surface area contributed by atoms with Crippen LogP contribution in [-0.4, -0.2) is 30.0 Å². The number of nitrogens with one attached hydrogen (secondary N) is 2. The Kier molecular flexibility index (Phi) is 4.28. The van der Waals surface area contributed by atoms with Crippen molar-refractivity contribution in [1.29, 1.82) is 0 Å². The summed E-state index contributed by atoms with van der Waals surface area (Å²) < 4.78 is 1.78. The lowest BCUT2D eigenvalue weighted by Gasteiger charge is -2.14. The van der Waals surface area contributed by atoms with Gasteiger partial charge in [0.05, 0.1) is 18.2 Å². The van der Waals surface area contributed by atoms with Crippen LogP contribution < -0.4 is 16.4 Å². The minimum atomic E-state index is -0.472. The number of aryl methyl sites for hydroxylation is 1. The maximum absolute atomic E-state index is 11.4. The van der Waals surface area contributed by atoms with Gasteiger partial charge in [0.1, 0.15) is 0 Å². The maximum Gasteiger partial charge on any atom is 0.250 e. The van der Waals surface area contributed by atoms with Gasteiger partial charge in [-0.3, -0.25) is 9.59 Å². The molecule has 0 aliphatic rings. The minimum absolute atomic E-state index is 0.0955. The standard InChI is InChI=1S/C11H18N4O2/c1-7(14-10(16)5-13-2)9-4-8(11(12)17)6-15(9)3/h4,6-7,13H,5H2,1-3H3,(H2,12,17)(H,14,16). The van der Waals surface area contributed by atoms with Crippen LogP contribution in [0.2, 0.25) is 0 Å². The lowest BCUT2D eigenvalue weighted by atomic mass is 10.2. The van der Waals surface area contributed by atoms with Crippen molar-refractivity contribution < 1.29 is 9.59 Å². The van der Waals surface area contributed by atoms with Gasteiger partial charge < -0.3 is 20.9 Å². The molecule has 0 bridgehead atoms. The lowest BCUT2D eigenvalue weighted by molar-refractivity contribution is -0.120. The average Bonchev–Trinajstić information content (AvgIpc) is 2.60. The van der Waals surface area contributed by atoms with Crippen LogP contribution >= 0.6 is 0 Å². The number of carbonyl (C=O) groups excluding carboxylic acids is 2. The molecule has 4 N–H and O–H groups in total. The van der Waals surface area contributed by atoms with E-state index in [2.05, 4.69) is 10.6 Å². The number of nitrogens with two attached hydrogens (primary N) is 1. The van der Waals surface area contributed by atoms with E-state index in [1.165, 1.54) is 0 Å². The summed E-state index contributed by atoms with van der Waals surface area (Å²) in [6.45, 7) is 2.12. The van der Waals surface area contributed by atoms with Crippen LogP contribution in [0, 0.1) is 0 Å². The largest absolute Gasteiger partial charge is 0.366 e. The van der Waals surface area contributed by atoms with Gasteiger partial charge in [-0.1, -0.05) is 0 Å². The molecule has 1 heterocycles. The van der Waals surface area contributed by atoms with Crippen LogP contribution in [0.3, 0.4) is 0 Å². The summed E-state index contributed by atoms with van der Waals surface area (Å²) in [6.07, 6.45) is 1.65. The van der Waals surface area contributed by atoms with E-state index in [4.69, 9.17) is 5.73 Å². The van der Waals surface area contributed by atoms with Crippen molar-refractivity contribution in [2.24, 2.45) is 12.8 Å². The van der Waals surface area contributed by atoms with E-state index in [9.17, 15) is 9.59 Å². The Labute approximate surface area is 100 Å². The molecule has 0 saturated heterocycles. The number of rotatable bonds is 5. The summed E-state index contributed by atoms with van der Waals surface area (Å²) in [5.41, 5.74) is 6.47. The molecule has 0 spiro atoms. The summed E-state index contributed by atoms with van der Waals surface area (Å²) in [5, 5.41) is 5.59. The Morgan fingerprint density at radius 1 is 1.53 bits per heavy atom. The van der Waals surface area contributed by atoms with Crippen LogP contribution in [0.4, 0.5) is 0 Å². The molecule has 0 saturated carbocycles. The molecule has 6 nitrogen and oxygen atoms in total. The highest BCUT2D eigenvalue weighted by Gasteiger charge is 2.14. The van der Waals surface area contributed by atoms with Crippen molar-refractivity contribution in [1.82, 2.24) is 15.2 Å². The van der Waals surface area contributed by atoms with Crippen molar-refractivity contribution in [2.75, 3.05) is 13.6 Å². The Balaban J connectivity index is 2.78. The van der Waals surface area contributed by atoms with Crippen molar-refractivity contribution in [2.45, 2.75) is 13.0 Å². The molecule has 0 aliphatic carbocycles. The van der Waals surface area contributed by atoms with Crippen LogP contribution in [-0.2, 0) is 11.8 Å². The first-order valence-corrected chi connectivity index (χ1v) is 5.35. The quantitative estimate of drug-likeness (QED) is 0.647. The van der Waals surface area contributed by atoms with Crippen LogP contribution in [0.15, 0.2) is 12.3 Å². The second kappa shape index (κ2) is 5.49. The molecular formula is C11H18N4O2. The zero-order valence-electron chi connectivity index (χ0n) is 10.3. The third kappa shape index (κ3) is 3.32. The molecular weight excluding hydrogens is 220 g/mol. The van der Waals surface area contributed by atoms with E-state index in [-0.39, 0.29) is 18.5 Å². The number of hydrogen-bond donors (Lipinski definition) is 3. The van der Waals surface area contributed by atoms with Crippen molar-refractivity contribution in [3.05, 3.63) is 23.5 Å². The monoisotopic (exact) mass is 238 g/mol. The maximum atomic E-state index is 11.4. The van der Waals surface area contributed by atoms with Gasteiger partial charge in [-0.15, -0.1) is 0 Å². The van der Waals surface area contributed by atoms with Gasteiger partial charge in [0.2, 0.25) is 11.8 Å². The molecule has 0 fully saturated rings. The number of aromatic nitrogens is 1. The summed E-state index contributed by atoms with van der Waals surface area (Å²) in [5.74, 6) is -0.567. The highest BCUT2D eigenvalue weighted by Crippen LogP contribution is 2.15. The molecule has 94 valence electrons. The van der Waals surface area contributed by atoms with Crippen molar-refractivity contribution >= 4 is 11.8 Å². The number of amides is 2. The zero-order chi connectivity index (χ0) is 13.0. The highest BCUT2D eigenvalue weighted by molar-refractivity contribution is 5.92. The normalized spacial score (nSPS) is 12.2. The molecule has 1 aromatic rings. The van der Waals surface area contributed by atoms with E-state index >= 15 is 0 Å². The number of likely N-dealkylation sites (N-methyl/N-ethyl adjacent to an activating group) is 1. The first-order valence-electron chi connectivity index (χ1n) is 5.35. The van der Waals surface area contributed by atoms with Gasteiger partial charge in [0.15, 0.2) is 0 Å². The number of hydrogen-bond acceptors (Lipinski definition) is 3. The van der Waals surface area contributed by atoms with E-state index < -0.39 is 5.91 Å². The van der Waals surface area contributed by atoms with Crippen LogP contribution in [0.1, 0.15) is 29.0 Å². The first-order chi connectivity index (χ1) is 7.95. The molecule has 1 atom stereocenters. The SMILES string of the molecule is CNCC(=O)NC(C)c1cc(C(N)=O)cn1C. The van der Waals surface area contributed by atoms with Crippen LogP contribution in [0.5, 0.6) is 0 Å². The highest BCUT2D eigenvalue weighted by atomic mass is 16.2. The van der Waals surface area contributed by atoms with Crippen LogP contribution in [0.25, 0.3) is 0 Å². The molecule has 0 aromatic carbocycles. The van der Waals surface area contributed by atoms with Crippen molar-refractivity contribution in [3.63, 3.8) is 0 Å². The fourth-order valence-electron chi connectivity index (χ4n) is 1.67. The third-order valence-electron chi connectivity index (χ3n) is 2.49. The smallest absolute Gasteiger partial charge is 0.250 e. The molecule has 17 heavy (non-hydrogen) atoms. The van der Waals surface area contributed by atoms with Gasteiger partial charge in [-0.25, -0.2) is 0 Å². The van der Waals surface area contributed by atoms with Gasteiger partial charge in [0, 0.05) is 18.9 Å². The van der Waals surface area contributed by atoms with E-state index in [1.54, 1.807) is 23.9 Å². The van der Waals surface area contributed by atoms with E-state index in [0.717, 1.165) is 5.69 Å². The Hall–Kier alpha value is -1.82. The topological polar surface area (TPSA) is 89.2 Å². The molecule has 1 unspecified atom stereocenters. The second-order valence-corrected chi connectivity index (χ2v) is 3.95. The number of nitrogens with zero attached hydrogens (tertiary/aromatic N) is 1. The molecule has 1 aromatic heterocycles. The third-order valence-corrected chi connectivity index (χ3v) is 2.49. The van der Waals surface area contributed by atoms with E-state index in [1.807, 2.05) is 14.0 Å². The Morgan fingerprint density at radius 3 is 2.65 bits per heavy atom. The molecule has 0 aliphatic heterocycles. The summed E-state index contributed by atoms with van der Waals surface area (Å²) in [6, 6.07) is 1.51. The lowest BCUT2D eigenvalue weighted by Crippen LogP contribution is -2.34. The van der Waals surface area contributed by atoms with Gasteiger partial charge in [-0.05, 0) is 20.0 Å². The fourth-order valence-corrected chi connectivity index (χ4v) is 1.67. The molecule has 6 heteroatoms. The Bertz CT molecular complexity index is 425. The molecule has 2 amide bonds. The van der Waals surface area contributed by atoms with Gasteiger partial charge in [0.25, 0.3) is 0 Å². The average molecular weight is 238 g/mol. The predicted octanol–water partition coefficient (Wildman–Crippen LogP) is -0.479. The number of carbonyl (C=O) groups is 2. The number of primary amides is 1. The van der Waals surface area contributed by atoms with Gasteiger partial charge >= 0.3 is 0 Å². The van der Waals surface area contributed by atoms with Crippen molar-refractivity contribution in [3.8, 4) is 0 Å². The van der Waals surface area contributed by atoms with Gasteiger partial charge in [-0.2, -0.15) is 0 Å². The molecule has 1 rings (SSSR count). The first kappa shape index (κ1) is 13.2. The second-order valence-electron chi connectivity index (χ2n) is 3.95. The minimum Gasteiger partial charge on any atom is -0.366 e. The summed E-state index contributed by atoms with van der Waals surface area (Å²) in [7, 11) is 3.51. The Morgan fingerprint density at radius 2 is 2.18 bits per heavy atom.